The van der Waals surface area contributed by atoms with Gasteiger partial charge in [-0.15, -0.1) is 11.3 Å². The summed E-state index contributed by atoms with van der Waals surface area (Å²) in [6, 6.07) is 2.02. The Balaban J connectivity index is 2.13. The van der Waals surface area contributed by atoms with Crippen molar-refractivity contribution in [2.24, 2.45) is 5.41 Å². The highest BCUT2D eigenvalue weighted by Crippen LogP contribution is 2.43. The summed E-state index contributed by atoms with van der Waals surface area (Å²) < 4.78 is 0.841. The summed E-state index contributed by atoms with van der Waals surface area (Å²) in [5.41, 5.74) is 1.06. The van der Waals surface area contributed by atoms with Gasteiger partial charge in [-0.05, 0) is 36.3 Å². The van der Waals surface area contributed by atoms with Crippen LogP contribution in [0.1, 0.15) is 24.8 Å². The maximum absolute atomic E-state index is 10.9. The van der Waals surface area contributed by atoms with Crippen LogP contribution in [0.3, 0.4) is 0 Å². The molecule has 1 aromatic heterocycles. The van der Waals surface area contributed by atoms with Crippen LogP contribution in [-0.2, 0) is 11.2 Å². The summed E-state index contributed by atoms with van der Waals surface area (Å²) in [5.74, 6) is 0. The molecule has 1 aliphatic rings. The van der Waals surface area contributed by atoms with Crippen LogP contribution in [0.4, 0.5) is 0 Å². The molecule has 0 bridgehead atoms. The molecule has 0 aromatic carbocycles. The zero-order valence-corrected chi connectivity index (χ0v) is 8.83. The molecule has 13 heavy (non-hydrogen) atoms. The standard InChI is InChI=1S/C10H11ClOS/c11-9-8(2-5-13-9)6-10(7-12)3-1-4-10/h2,5,7H,1,3-4,6H2. The molecule has 0 saturated heterocycles. The molecule has 0 aliphatic heterocycles. The fourth-order valence-electron chi connectivity index (χ4n) is 1.79. The molecule has 0 amide bonds. The van der Waals surface area contributed by atoms with Gasteiger partial charge in [0.2, 0.25) is 0 Å². The van der Waals surface area contributed by atoms with Gasteiger partial charge in [-0.2, -0.15) is 0 Å². The van der Waals surface area contributed by atoms with E-state index >= 15 is 0 Å². The van der Waals surface area contributed by atoms with E-state index in [9.17, 15) is 4.79 Å². The minimum absolute atomic E-state index is 0.0787. The van der Waals surface area contributed by atoms with Crippen LogP contribution in [0.5, 0.6) is 0 Å². The molecule has 1 aromatic rings. The number of hydrogen-bond donors (Lipinski definition) is 0. The van der Waals surface area contributed by atoms with Crippen molar-refractivity contribution in [3.63, 3.8) is 0 Å². The van der Waals surface area contributed by atoms with Crippen molar-refractivity contribution in [1.82, 2.24) is 0 Å². The van der Waals surface area contributed by atoms with E-state index in [1.807, 2.05) is 11.4 Å². The van der Waals surface area contributed by atoms with Gasteiger partial charge in [0, 0.05) is 5.41 Å². The van der Waals surface area contributed by atoms with E-state index in [1.165, 1.54) is 17.8 Å². The molecule has 0 unspecified atom stereocenters. The molecule has 0 radical (unpaired) electrons. The summed E-state index contributed by atoms with van der Waals surface area (Å²) in [6.45, 7) is 0. The average Bonchev–Trinajstić information content (AvgIpc) is 2.44. The first-order chi connectivity index (χ1) is 6.26. The molecule has 1 aliphatic carbocycles. The summed E-state index contributed by atoms with van der Waals surface area (Å²) in [6.07, 6.45) is 5.19. The number of carbonyl (C=O) groups excluding carboxylic acids is 1. The molecule has 1 fully saturated rings. The van der Waals surface area contributed by atoms with Crippen LogP contribution in [0.15, 0.2) is 11.4 Å². The Bertz CT molecular complexity index is 314. The molecule has 0 spiro atoms. The third-order valence-corrected chi connectivity index (χ3v) is 4.09. The lowest BCUT2D eigenvalue weighted by atomic mass is 9.67. The van der Waals surface area contributed by atoms with E-state index in [0.29, 0.717) is 0 Å². The summed E-state index contributed by atoms with van der Waals surface area (Å²) in [5, 5.41) is 1.98. The second kappa shape index (κ2) is 3.43. The van der Waals surface area contributed by atoms with E-state index in [-0.39, 0.29) is 5.41 Å². The van der Waals surface area contributed by atoms with Crippen molar-refractivity contribution >= 4 is 29.2 Å². The van der Waals surface area contributed by atoms with Gasteiger partial charge in [0.05, 0.1) is 4.34 Å². The zero-order valence-electron chi connectivity index (χ0n) is 7.25. The molecule has 0 N–H and O–H groups in total. The topological polar surface area (TPSA) is 17.1 Å². The molecule has 3 heteroatoms. The van der Waals surface area contributed by atoms with Crippen LogP contribution in [0.2, 0.25) is 4.34 Å². The van der Waals surface area contributed by atoms with E-state index in [2.05, 4.69) is 0 Å². The van der Waals surface area contributed by atoms with E-state index in [1.54, 1.807) is 0 Å². The zero-order chi connectivity index (χ0) is 9.31. The lowest BCUT2D eigenvalue weighted by molar-refractivity contribution is -0.120. The third kappa shape index (κ3) is 1.65. The van der Waals surface area contributed by atoms with Crippen LogP contribution >= 0.6 is 22.9 Å². The first kappa shape index (κ1) is 9.22. The number of hydrogen-bond acceptors (Lipinski definition) is 2. The molecule has 1 nitrogen and oxygen atoms in total. The quantitative estimate of drug-likeness (QED) is 0.706. The van der Waals surface area contributed by atoms with Crippen LogP contribution in [0, 0.1) is 5.41 Å². The van der Waals surface area contributed by atoms with Crippen molar-refractivity contribution in [3.8, 4) is 0 Å². The van der Waals surface area contributed by atoms with E-state index in [4.69, 9.17) is 11.6 Å². The van der Waals surface area contributed by atoms with Crippen molar-refractivity contribution in [1.29, 1.82) is 0 Å². The smallest absolute Gasteiger partial charge is 0.126 e. The number of thiophene rings is 1. The molecule has 0 atom stereocenters. The number of carbonyl (C=O) groups is 1. The van der Waals surface area contributed by atoms with Crippen molar-refractivity contribution < 1.29 is 4.79 Å². The first-order valence-corrected chi connectivity index (χ1v) is 5.70. The Morgan fingerprint density at radius 2 is 2.38 bits per heavy atom. The molecule has 1 heterocycles. The van der Waals surface area contributed by atoms with Crippen molar-refractivity contribution in [2.75, 3.05) is 0 Å². The van der Waals surface area contributed by atoms with Gasteiger partial charge < -0.3 is 4.79 Å². The van der Waals surface area contributed by atoms with E-state index in [0.717, 1.165) is 35.4 Å². The monoisotopic (exact) mass is 214 g/mol. The minimum atomic E-state index is -0.0787. The SMILES string of the molecule is O=CC1(Cc2ccsc2Cl)CCC1. The van der Waals surface area contributed by atoms with Crippen molar-refractivity contribution in [3.05, 3.63) is 21.3 Å². The average molecular weight is 215 g/mol. The molecular formula is C10H11ClOS. The Morgan fingerprint density at radius 1 is 1.62 bits per heavy atom. The maximum atomic E-state index is 10.9. The summed E-state index contributed by atoms with van der Waals surface area (Å²) in [4.78, 5) is 10.9. The van der Waals surface area contributed by atoms with Crippen molar-refractivity contribution in [2.45, 2.75) is 25.7 Å². The Kier molecular flexibility index (Phi) is 2.43. The lowest BCUT2D eigenvalue weighted by Crippen LogP contribution is -2.33. The molecule has 1 saturated carbocycles. The number of halogens is 1. The highest BCUT2D eigenvalue weighted by molar-refractivity contribution is 7.14. The Hall–Kier alpha value is -0.340. The minimum Gasteiger partial charge on any atom is -0.303 e. The van der Waals surface area contributed by atoms with Crippen LogP contribution in [0.25, 0.3) is 0 Å². The first-order valence-electron chi connectivity index (χ1n) is 4.44. The third-order valence-electron chi connectivity index (χ3n) is 2.84. The second-order valence-electron chi connectivity index (χ2n) is 3.73. The summed E-state index contributed by atoms with van der Waals surface area (Å²) in [7, 11) is 0. The van der Waals surface area contributed by atoms with Gasteiger partial charge in [-0.25, -0.2) is 0 Å². The van der Waals surface area contributed by atoms with Gasteiger partial charge in [0.25, 0.3) is 0 Å². The Morgan fingerprint density at radius 3 is 2.77 bits per heavy atom. The van der Waals surface area contributed by atoms with Gasteiger partial charge in [-0.1, -0.05) is 18.0 Å². The predicted molar refractivity (Wildman–Crippen MR) is 55.4 cm³/mol. The van der Waals surface area contributed by atoms with Crippen LogP contribution < -0.4 is 0 Å². The van der Waals surface area contributed by atoms with E-state index < -0.39 is 0 Å². The van der Waals surface area contributed by atoms with Crippen LogP contribution in [-0.4, -0.2) is 6.29 Å². The molecular weight excluding hydrogens is 204 g/mol. The molecule has 2 rings (SSSR count). The molecule has 70 valence electrons. The fourth-order valence-corrected chi connectivity index (χ4v) is 2.72. The van der Waals surface area contributed by atoms with Gasteiger partial charge >= 0.3 is 0 Å². The van der Waals surface area contributed by atoms with Gasteiger partial charge in [-0.3, -0.25) is 0 Å². The fraction of sp³-hybridized carbons (Fsp3) is 0.500. The normalized spacial score (nSPS) is 19.5. The number of rotatable bonds is 3. The Labute approximate surface area is 86.7 Å². The van der Waals surface area contributed by atoms with Gasteiger partial charge in [0.1, 0.15) is 6.29 Å². The number of aldehydes is 1. The second-order valence-corrected chi connectivity index (χ2v) is 5.25. The van der Waals surface area contributed by atoms with Gasteiger partial charge in [0.15, 0.2) is 0 Å². The maximum Gasteiger partial charge on any atom is 0.126 e. The summed E-state index contributed by atoms with van der Waals surface area (Å²) >= 11 is 7.53. The highest BCUT2D eigenvalue weighted by atomic mass is 35.5. The largest absolute Gasteiger partial charge is 0.303 e. The lowest BCUT2D eigenvalue weighted by Gasteiger charge is -2.36. The predicted octanol–water partition coefficient (Wildman–Crippen LogP) is 3.31. The highest BCUT2D eigenvalue weighted by Gasteiger charge is 2.37.